The zero-order valence-electron chi connectivity index (χ0n) is 8.55. The number of thiophene rings is 1. The van der Waals surface area contributed by atoms with Crippen molar-refractivity contribution in [3.05, 3.63) is 45.2 Å². The van der Waals surface area contributed by atoms with Crippen LogP contribution in [0.15, 0.2) is 29.8 Å². The monoisotopic (exact) mass is 255 g/mol. The number of hydrogen-bond donors (Lipinski definition) is 1. The SMILES string of the molecule is COc1ccc(C(O)c2sccc2Cl)cn1. The molecule has 0 saturated heterocycles. The molecule has 0 amide bonds. The molecule has 84 valence electrons. The van der Waals surface area contributed by atoms with Gasteiger partial charge in [-0.15, -0.1) is 11.3 Å². The Morgan fingerprint density at radius 3 is 2.75 bits per heavy atom. The second kappa shape index (κ2) is 4.82. The van der Waals surface area contributed by atoms with Crippen LogP contribution in [0.3, 0.4) is 0 Å². The average molecular weight is 256 g/mol. The van der Waals surface area contributed by atoms with E-state index in [1.165, 1.54) is 11.3 Å². The van der Waals surface area contributed by atoms with Gasteiger partial charge in [0.1, 0.15) is 6.10 Å². The molecule has 0 spiro atoms. The Hall–Kier alpha value is -1.10. The van der Waals surface area contributed by atoms with Crippen LogP contribution in [0, 0.1) is 0 Å². The second-order valence-corrected chi connectivity index (χ2v) is 4.52. The third-order valence-electron chi connectivity index (χ3n) is 2.18. The fourth-order valence-electron chi connectivity index (χ4n) is 1.33. The van der Waals surface area contributed by atoms with Crippen LogP contribution in [0.1, 0.15) is 16.5 Å². The molecule has 0 radical (unpaired) electrons. The summed E-state index contributed by atoms with van der Waals surface area (Å²) in [5.74, 6) is 0.522. The first-order chi connectivity index (χ1) is 7.72. The lowest BCUT2D eigenvalue weighted by molar-refractivity contribution is 0.223. The molecule has 0 aromatic carbocycles. The third-order valence-corrected chi connectivity index (χ3v) is 3.59. The van der Waals surface area contributed by atoms with Crippen LogP contribution in [-0.4, -0.2) is 17.2 Å². The van der Waals surface area contributed by atoms with Crippen LogP contribution in [0.4, 0.5) is 0 Å². The number of ether oxygens (including phenoxy) is 1. The van der Waals surface area contributed by atoms with Crippen molar-refractivity contribution in [2.24, 2.45) is 0 Å². The molecule has 3 nitrogen and oxygen atoms in total. The first-order valence-corrected chi connectivity index (χ1v) is 5.89. The largest absolute Gasteiger partial charge is 0.481 e. The molecule has 0 aliphatic heterocycles. The number of nitrogens with zero attached hydrogens (tertiary/aromatic N) is 1. The van der Waals surface area contributed by atoms with Gasteiger partial charge in [0.15, 0.2) is 0 Å². The second-order valence-electron chi connectivity index (χ2n) is 3.17. The van der Waals surface area contributed by atoms with E-state index in [0.29, 0.717) is 16.5 Å². The minimum absolute atomic E-state index is 0.522. The molecule has 0 aliphatic rings. The third kappa shape index (κ3) is 2.19. The number of aliphatic hydroxyl groups is 1. The van der Waals surface area contributed by atoms with Gasteiger partial charge in [0.2, 0.25) is 5.88 Å². The summed E-state index contributed by atoms with van der Waals surface area (Å²) >= 11 is 7.37. The van der Waals surface area contributed by atoms with Gasteiger partial charge in [0.25, 0.3) is 0 Å². The van der Waals surface area contributed by atoms with Crippen molar-refractivity contribution in [3.63, 3.8) is 0 Å². The highest BCUT2D eigenvalue weighted by Gasteiger charge is 2.15. The van der Waals surface area contributed by atoms with E-state index in [2.05, 4.69) is 4.98 Å². The highest BCUT2D eigenvalue weighted by Crippen LogP contribution is 2.32. The fraction of sp³-hybridized carbons (Fsp3) is 0.182. The maximum absolute atomic E-state index is 10.1. The minimum atomic E-state index is -0.731. The summed E-state index contributed by atoms with van der Waals surface area (Å²) in [7, 11) is 1.55. The predicted molar refractivity (Wildman–Crippen MR) is 64.2 cm³/mol. The molecule has 0 bridgehead atoms. The zero-order valence-corrected chi connectivity index (χ0v) is 10.1. The molecule has 0 fully saturated rings. The van der Waals surface area contributed by atoms with Crippen LogP contribution < -0.4 is 4.74 Å². The van der Waals surface area contributed by atoms with Crippen molar-refractivity contribution in [1.29, 1.82) is 0 Å². The summed E-state index contributed by atoms with van der Waals surface area (Å²) in [4.78, 5) is 4.77. The lowest BCUT2D eigenvalue weighted by Gasteiger charge is -2.09. The Morgan fingerprint density at radius 2 is 2.25 bits per heavy atom. The number of methoxy groups -OCH3 is 1. The molecule has 0 saturated carbocycles. The van der Waals surface area contributed by atoms with Crippen LogP contribution in [0.25, 0.3) is 0 Å². The molecule has 1 unspecified atom stereocenters. The van der Waals surface area contributed by atoms with E-state index in [1.54, 1.807) is 31.5 Å². The maximum atomic E-state index is 10.1. The average Bonchev–Trinajstić information content (AvgIpc) is 2.75. The molecule has 1 N–H and O–H groups in total. The summed E-state index contributed by atoms with van der Waals surface area (Å²) < 4.78 is 4.95. The van der Waals surface area contributed by atoms with Gasteiger partial charge in [-0.1, -0.05) is 11.6 Å². The molecule has 2 heterocycles. The maximum Gasteiger partial charge on any atom is 0.212 e. The van der Waals surface area contributed by atoms with E-state index in [-0.39, 0.29) is 0 Å². The van der Waals surface area contributed by atoms with Crippen molar-refractivity contribution in [2.75, 3.05) is 7.11 Å². The van der Waals surface area contributed by atoms with E-state index < -0.39 is 6.10 Å². The number of halogens is 1. The number of rotatable bonds is 3. The van der Waals surface area contributed by atoms with Gasteiger partial charge in [-0.25, -0.2) is 4.98 Å². The Bertz CT molecular complexity index is 469. The molecule has 1 atom stereocenters. The van der Waals surface area contributed by atoms with Crippen molar-refractivity contribution in [2.45, 2.75) is 6.10 Å². The van der Waals surface area contributed by atoms with Crippen molar-refractivity contribution in [3.8, 4) is 5.88 Å². The van der Waals surface area contributed by atoms with Crippen molar-refractivity contribution in [1.82, 2.24) is 4.98 Å². The van der Waals surface area contributed by atoms with E-state index in [4.69, 9.17) is 16.3 Å². The number of pyridine rings is 1. The van der Waals surface area contributed by atoms with Gasteiger partial charge in [0.05, 0.1) is 17.0 Å². The lowest BCUT2D eigenvalue weighted by atomic mass is 10.1. The summed E-state index contributed by atoms with van der Waals surface area (Å²) in [6, 6.07) is 5.24. The minimum Gasteiger partial charge on any atom is -0.481 e. The molecule has 2 aromatic rings. The topological polar surface area (TPSA) is 42.4 Å². The van der Waals surface area contributed by atoms with E-state index in [9.17, 15) is 5.11 Å². The summed E-state index contributed by atoms with van der Waals surface area (Å²) in [5, 5.41) is 12.5. The van der Waals surface area contributed by atoms with Crippen LogP contribution >= 0.6 is 22.9 Å². The molecule has 16 heavy (non-hydrogen) atoms. The first kappa shape index (κ1) is 11.4. The Balaban J connectivity index is 2.27. The van der Waals surface area contributed by atoms with Crippen molar-refractivity contribution >= 4 is 22.9 Å². The van der Waals surface area contributed by atoms with E-state index >= 15 is 0 Å². The molecule has 5 heteroatoms. The number of hydrogen-bond acceptors (Lipinski definition) is 4. The highest BCUT2D eigenvalue weighted by atomic mass is 35.5. The number of aromatic nitrogens is 1. The highest BCUT2D eigenvalue weighted by molar-refractivity contribution is 7.10. The van der Waals surface area contributed by atoms with Gasteiger partial charge in [0, 0.05) is 17.8 Å². The summed E-state index contributed by atoms with van der Waals surface area (Å²) in [6.07, 6.45) is 0.852. The fourth-order valence-corrected chi connectivity index (χ4v) is 2.50. The molecule has 0 aliphatic carbocycles. The van der Waals surface area contributed by atoms with Crippen LogP contribution in [0.5, 0.6) is 5.88 Å². The molecule has 2 rings (SSSR count). The molecule has 2 aromatic heterocycles. The lowest BCUT2D eigenvalue weighted by Crippen LogP contribution is -1.99. The van der Waals surface area contributed by atoms with Gasteiger partial charge >= 0.3 is 0 Å². The smallest absolute Gasteiger partial charge is 0.212 e. The normalized spacial score (nSPS) is 12.4. The van der Waals surface area contributed by atoms with E-state index in [1.807, 2.05) is 5.38 Å². The van der Waals surface area contributed by atoms with Gasteiger partial charge in [-0.05, 0) is 17.5 Å². The Kier molecular flexibility index (Phi) is 3.43. The zero-order chi connectivity index (χ0) is 11.5. The predicted octanol–water partition coefficient (Wildman–Crippen LogP) is 2.89. The van der Waals surface area contributed by atoms with Gasteiger partial charge in [-0.3, -0.25) is 0 Å². The first-order valence-electron chi connectivity index (χ1n) is 4.63. The summed E-state index contributed by atoms with van der Waals surface area (Å²) in [6.45, 7) is 0. The quantitative estimate of drug-likeness (QED) is 0.917. The van der Waals surface area contributed by atoms with Crippen LogP contribution in [0.2, 0.25) is 5.02 Å². The Morgan fingerprint density at radius 1 is 1.44 bits per heavy atom. The standard InChI is InChI=1S/C11H10ClNO2S/c1-15-9-3-2-7(6-13-9)10(14)11-8(12)4-5-16-11/h2-6,10,14H,1H3. The van der Waals surface area contributed by atoms with Crippen molar-refractivity contribution < 1.29 is 9.84 Å². The Labute approximate surface area is 102 Å². The van der Waals surface area contributed by atoms with Gasteiger partial charge < -0.3 is 9.84 Å². The molecular formula is C11H10ClNO2S. The molecular weight excluding hydrogens is 246 g/mol. The van der Waals surface area contributed by atoms with E-state index in [0.717, 1.165) is 4.88 Å². The number of aliphatic hydroxyl groups excluding tert-OH is 1. The summed E-state index contributed by atoms with van der Waals surface area (Å²) in [5.41, 5.74) is 0.699. The van der Waals surface area contributed by atoms with Crippen LogP contribution in [-0.2, 0) is 0 Å². The van der Waals surface area contributed by atoms with Gasteiger partial charge in [-0.2, -0.15) is 0 Å².